The molecule has 1 aliphatic heterocycles. The van der Waals surface area contributed by atoms with Crippen molar-refractivity contribution in [2.24, 2.45) is 0 Å². The summed E-state index contributed by atoms with van der Waals surface area (Å²) >= 11 is 1.28. The van der Waals surface area contributed by atoms with Gasteiger partial charge in [0.05, 0.1) is 17.9 Å². The number of amides is 1. The Balaban J connectivity index is 1.94. The molecular formula is C18H21N3O3S. The van der Waals surface area contributed by atoms with E-state index < -0.39 is 12.1 Å². The third-order valence-electron chi connectivity index (χ3n) is 4.08. The van der Waals surface area contributed by atoms with Crippen LogP contribution in [0.25, 0.3) is 0 Å². The molecule has 0 radical (unpaired) electrons. The van der Waals surface area contributed by atoms with Crippen LogP contribution in [-0.4, -0.2) is 32.6 Å². The SMILES string of the molecule is CCOC(=O)c1sc(C)c2c1N[C@H](c1ccc(N(C)C)cc1)NC2=O. The zero-order valence-electron chi connectivity index (χ0n) is 14.7. The van der Waals surface area contributed by atoms with Crippen molar-refractivity contribution in [1.29, 1.82) is 0 Å². The molecule has 1 aromatic carbocycles. The molecule has 1 aromatic heterocycles. The number of nitrogens with one attached hydrogen (secondary N) is 2. The lowest BCUT2D eigenvalue weighted by Gasteiger charge is -2.27. The van der Waals surface area contributed by atoms with Gasteiger partial charge < -0.3 is 20.3 Å². The van der Waals surface area contributed by atoms with E-state index in [4.69, 9.17) is 4.74 Å². The van der Waals surface area contributed by atoms with Gasteiger partial charge in [-0.15, -0.1) is 11.3 Å². The number of aryl methyl sites for hydroxylation is 1. The van der Waals surface area contributed by atoms with E-state index in [0.717, 1.165) is 16.1 Å². The highest BCUT2D eigenvalue weighted by Crippen LogP contribution is 2.38. The molecule has 0 saturated carbocycles. The minimum atomic E-state index is -0.402. The smallest absolute Gasteiger partial charge is 0.350 e. The maximum absolute atomic E-state index is 12.6. The first-order valence-electron chi connectivity index (χ1n) is 8.07. The van der Waals surface area contributed by atoms with Gasteiger partial charge in [-0.25, -0.2) is 4.79 Å². The lowest BCUT2D eigenvalue weighted by molar-refractivity contribution is 0.0533. The highest BCUT2D eigenvalue weighted by molar-refractivity contribution is 7.15. The number of thiophene rings is 1. The summed E-state index contributed by atoms with van der Waals surface area (Å²) in [6.07, 6.45) is -0.390. The number of fused-ring (bicyclic) bond motifs is 1. The van der Waals surface area contributed by atoms with Crippen LogP contribution in [-0.2, 0) is 4.74 Å². The molecule has 0 unspecified atom stereocenters. The summed E-state index contributed by atoms with van der Waals surface area (Å²) in [6, 6.07) is 7.90. The van der Waals surface area contributed by atoms with Crippen LogP contribution >= 0.6 is 11.3 Å². The maximum Gasteiger partial charge on any atom is 0.350 e. The lowest BCUT2D eigenvalue weighted by atomic mass is 10.1. The summed E-state index contributed by atoms with van der Waals surface area (Å²) < 4.78 is 5.12. The van der Waals surface area contributed by atoms with Gasteiger partial charge in [0, 0.05) is 24.7 Å². The van der Waals surface area contributed by atoms with Crippen molar-refractivity contribution >= 4 is 34.6 Å². The molecule has 0 fully saturated rings. The third-order valence-corrected chi connectivity index (χ3v) is 5.16. The Bertz CT molecular complexity index is 812. The van der Waals surface area contributed by atoms with Gasteiger partial charge in [-0.05, 0) is 31.5 Å². The standard InChI is InChI=1S/C18H21N3O3S/c1-5-24-18(23)15-14-13(10(2)25-15)17(22)20-16(19-14)11-6-8-12(9-7-11)21(3)4/h6-9,16,19H,5H2,1-4H3,(H,20,22)/t16-/m0/s1. The number of benzene rings is 1. The van der Waals surface area contributed by atoms with Crippen LogP contribution in [0, 0.1) is 6.92 Å². The van der Waals surface area contributed by atoms with Crippen molar-refractivity contribution in [3.8, 4) is 0 Å². The molecule has 1 aliphatic rings. The summed E-state index contributed by atoms with van der Waals surface area (Å²) in [5.41, 5.74) is 3.08. The quantitative estimate of drug-likeness (QED) is 0.821. The summed E-state index contributed by atoms with van der Waals surface area (Å²) in [7, 11) is 3.95. The predicted molar refractivity (Wildman–Crippen MR) is 99.6 cm³/mol. The molecule has 2 N–H and O–H groups in total. The van der Waals surface area contributed by atoms with Crippen LogP contribution in [0.15, 0.2) is 24.3 Å². The second kappa shape index (κ2) is 6.76. The predicted octanol–water partition coefficient (Wildman–Crippen LogP) is 3.15. The molecule has 1 amide bonds. The fourth-order valence-corrected chi connectivity index (χ4v) is 3.82. The maximum atomic E-state index is 12.6. The molecule has 0 bridgehead atoms. The van der Waals surface area contributed by atoms with Gasteiger partial charge in [0.15, 0.2) is 0 Å². The first-order chi connectivity index (χ1) is 11.9. The van der Waals surface area contributed by atoms with Crippen LogP contribution in [0.1, 0.15) is 43.6 Å². The van der Waals surface area contributed by atoms with Crippen molar-refractivity contribution in [3.63, 3.8) is 0 Å². The zero-order chi connectivity index (χ0) is 18.1. The van der Waals surface area contributed by atoms with Crippen molar-refractivity contribution in [3.05, 3.63) is 45.1 Å². The summed E-state index contributed by atoms with van der Waals surface area (Å²) in [4.78, 5) is 28.0. The van der Waals surface area contributed by atoms with E-state index in [1.165, 1.54) is 11.3 Å². The molecule has 132 valence electrons. The average Bonchev–Trinajstić information content (AvgIpc) is 2.92. The van der Waals surface area contributed by atoms with Crippen LogP contribution in [0.3, 0.4) is 0 Å². The highest BCUT2D eigenvalue weighted by Gasteiger charge is 2.33. The van der Waals surface area contributed by atoms with Gasteiger partial charge in [-0.2, -0.15) is 0 Å². The molecule has 1 atom stereocenters. The first kappa shape index (κ1) is 17.3. The van der Waals surface area contributed by atoms with E-state index in [1.807, 2.05) is 50.2 Å². The number of carbonyl (C=O) groups is 2. The molecule has 3 rings (SSSR count). The number of hydrogen-bond acceptors (Lipinski definition) is 6. The van der Waals surface area contributed by atoms with Crippen molar-refractivity contribution < 1.29 is 14.3 Å². The molecule has 25 heavy (non-hydrogen) atoms. The Labute approximate surface area is 150 Å². The number of hydrogen-bond donors (Lipinski definition) is 2. The molecule has 0 aliphatic carbocycles. The summed E-state index contributed by atoms with van der Waals surface area (Å²) in [6.45, 7) is 3.89. The van der Waals surface area contributed by atoms with Crippen molar-refractivity contribution in [2.75, 3.05) is 30.9 Å². The largest absolute Gasteiger partial charge is 0.462 e. The number of esters is 1. The number of rotatable bonds is 4. The number of carbonyl (C=O) groups excluding carboxylic acids is 2. The lowest BCUT2D eigenvalue weighted by Crippen LogP contribution is -2.38. The average molecular weight is 359 g/mol. The number of ether oxygens (including phenoxy) is 1. The van der Waals surface area contributed by atoms with Gasteiger partial charge >= 0.3 is 5.97 Å². The molecule has 0 spiro atoms. The topological polar surface area (TPSA) is 70.7 Å². The molecule has 6 nitrogen and oxygen atoms in total. The van der Waals surface area contributed by atoms with E-state index in [9.17, 15) is 9.59 Å². The molecule has 7 heteroatoms. The summed E-state index contributed by atoms with van der Waals surface area (Å²) in [5.74, 6) is -0.583. The fraction of sp³-hybridized carbons (Fsp3) is 0.333. The van der Waals surface area contributed by atoms with Crippen LogP contribution in [0.2, 0.25) is 0 Å². The number of nitrogens with zero attached hydrogens (tertiary/aromatic N) is 1. The Morgan fingerprint density at radius 3 is 2.52 bits per heavy atom. The second-order valence-corrected chi connectivity index (χ2v) is 7.22. The van der Waals surface area contributed by atoms with Gasteiger partial charge in [-0.1, -0.05) is 12.1 Å². The molecule has 2 aromatic rings. The molecule has 0 saturated heterocycles. The van der Waals surface area contributed by atoms with Gasteiger partial charge in [0.2, 0.25) is 0 Å². The van der Waals surface area contributed by atoms with Crippen LogP contribution in [0.4, 0.5) is 11.4 Å². The van der Waals surface area contributed by atoms with Gasteiger partial charge in [-0.3, -0.25) is 4.79 Å². The van der Waals surface area contributed by atoms with Crippen molar-refractivity contribution in [2.45, 2.75) is 20.0 Å². The van der Waals surface area contributed by atoms with E-state index in [2.05, 4.69) is 10.6 Å². The summed E-state index contributed by atoms with van der Waals surface area (Å²) in [5, 5.41) is 6.24. The van der Waals surface area contributed by atoms with E-state index in [-0.39, 0.29) is 5.91 Å². The van der Waals surface area contributed by atoms with Gasteiger partial charge in [0.1, 0.15) is 11.0 Å². The highest BCUT2D eigenvalue weighted by atomic mass is 32.1. The zero-order valence-corrected chi connectivity index (χ0v) is 15.5. The van der Waals surface area contributed by atoms with Crippen molar-refractivity contribution in [1.82, 2.24) is 5.32 Å². The Morgan fingerprint density at radius 1 is 1.24 bits per heavy atom. The second-order valence-electron chi connectivity index (χ2n) is 5.99. The first-order valence-corrected chi connectivity index (χ1v) is 8.89. The van der Waals surface area contributed by atoms with E-state index in [1.54, 1.807) is 6.92 Å². The Kier molecular flexibility index (Phi) is 4.67. The van der Waals surface area contributed by atoms with Crippen LogP contribution < -0.4 is 15.5 Å². The Morgan fingerprint density at radius 2 is 1.92 bits per heavy atom. The number of anilines is 2. The normalized spacial score (nSPS) is 15.8. The van der Waals surface area contributed by atoms with Crippen LogP contribution in [0.5, 0.6) is 0 Å². The minimum Gasteiger partial charge on any atom is -0.462 e. The fourth-order valence-electron chi connectivity index (χ4n) is 2.81. The molecular weight excluding hydrogens is 338 g/mol. The third kappa shape index (κ3) is 3.19. The minimum absolute atomic E-state index is 0.181. The van der Waals surface area contributed by atoms with E-state index >= 15 is 0 Å². The monoisotopic (exact) mass is 359 g/mol. The van der Waals surface area contributed by atoms with E-state index in [0.29, 0.717) is 22.7 Å². The van der Waals surface area contributed by atoms with Gasteiger partial charge in [0.25, 0.3) is 5.91 Å². The molecule has 2 heterocycles. The Hall–Kier alpha value is -2.54.